The molecular weight excluding hydrogens is 358 g/mol. The number of benzene rings is 2. The quantitative estimate of drug-likeness (QED) is 0.756. The van der Waals surface area contributed by atoms with Crippen molar-refractivity contribution < 1.29 is 24.5 Å². The summed E-state index contributed by atoms with van der Waals surface area (Å²) in [6.45, 7) is 0.186. The summed E-state index contributed by atoms with van der Waals surface area (Å²) in [7, 11) is 0. The van der Waals surface area contributed by atoms with E-state index < -0.39 is 30.1 Å². The number of hydrogen-bond donors (Lipinski definition) is 3. The number of carbonyl (C=O) groups is 2. The maximum absolute atomic E-state index is 12.3. The first-order chi connectivity index (χ1) is 13.6. The molecule has 1 saturated carbocycles. The lowest BCUT2D eigenvalue weighted by atomic mass is 9.83. The lowest BCUT2D eigenvalue weighted by Crippen LogP contribution is -2.51. The van der Waals surface area contributed by atoms with Gasteiger partial charge in [-0.15, -0.1) is 0 Å². The minimum atomic E-state index is -1.10. The Labute approximate surface area is 163 Å². The number of aliphatic carboxylic acids is 1. The van der Waals surface area contributed by atoms with E-state index in [1.54, 1.807) is 0 Å². The Morgan fingerprint density at radius 2 is 1.61 bits per heavy atom. The summed E-state index contributed by atoms with van der Waals surface area (Å²) in [4.78, 5) is 23.5. The van der Waals surface area contributed by atoms with Gasteiger partial charge in [-0.3, -0.25) is 4.79 Å². The minimum absolute atomic E-state index is 0.0406. The number of ether oxygens (including phenoxy) is 1. The highest BCUT2D eigenvalue weighted by atomic mass is 16.5. The fourth-order valence-corrected chi connectivity index (χ4v) is 4.40. The number of carbonyl (C=O) groups excluding carboxylic acids is 1. The summed E-state index contributed by atoms with van der Waals surface area (Å²) >= 11 is 0. The molecule has 4 rings (SSSR count). The molecule has 1 amide bonds. The number of fused-ring (bicyclic) bond motifs is 3. The van der Waals surface area contributed by atoms with E-state index in [9.17, 15) is 19.8 Å². The summed E-state index contributed by atoms with van der Waals surface area (Å²) < 4.78 is 5.48. The molecule has 6 heteroatoms. The van der Waals surface area contributed by atoms with E-state index >= 15 is 0 Å². The first kappa shape index (κ1) is 18.5. The Kier molecular flexibility index (Phi) is 5.05. The SMILES string of the molecule is O=C(N[C@@H]1CCC[C@H](C(=O)O)[C@@H]1O)OCC1c2ccccc2-c2ccccc21. The highest BCUT2D eigenvalue weighted by molar-refractivity contribution is 5.79. The molecular formula is C22H23NO5. The van der Waals surface area contributed by atoms with E-state index in [4.69, 9.17) is 4.74 Å². The average molecular weight is 381 g/mol. The molecule has 2 aliphatic rings. The van der Waals surface area contributed by atoms with Crippen molar-refractivity contribution >= 4 is 12.1 Å². The molecule has 28 heavy (non-hydrogen) atoms. The van der Waals surface area contributed by atoms with Crippen molar-refractivity contribution in [2.45, 2.75) is 37.3 Å². The number of aliphatic hydroxyl groups excluding tert-OH is 1. The molecule has 2 aromatic rings. The second-order valence-corrected chi connectivity index (χ2v) is 7.44. The van der Waals surface area contributed by atoms with Crippen molar-refractivity contribution in [3.63, 3.8) is 0 Å². The molecule has 2 aliphatic carbocycles. The lowest BCUT2D eigenvalue weighted by Gasteiger charge is -2.32. The predicted octanol–water partition coefficient (Wildman–Crippen LogP) is 3.14. The monoisotopic (exact) mass is 381 g/mol. The molecule has 146 valence electrons. The zero-order chi connectivity index (χ0) is 19.7. The number of aliphatic hydroxyl groups is 1. The molecule has 0 unspecified atom stereocenters. The number of carboxylic acids is 1. The van der Waals surface area contributed by atoms with Gasteiger partial charge in [0.15, 0.2) is 0 Å². The molecule has 1 fully saturated rings. The first-order valence-corrected chi connectivity index (χ1v) is 9.58. The van der Waals surface area contributed by atoms with Gasteiger partial charge in [0.05, 0.1) is 18.1 Å². The number of rotatable bonds is 4. The van der Waals surface area contributed by atoms with Crippen molar-refractivity contribution in [2.75, 3.05) is 6.61 Å². The van der Waals surface area contributed by atoms with E-state index in [1.807, 2.05) is 36.4 Å². The largest absolute Gasteiger partial charge is 0.481 e. The number of hydrogen-bond acceptors (Lipinski definition) is 4. The van der Waals surface area contributed by atoms with Crippen LogP contribution in [0.4, 0.5) is 4.79 Å². The third-order valence-electron chi connectivity index (χ3n) is 5.82. The number of alkyl carbamates (subject to hydrolysis) is 1. The van der Waals surface area contributed by atoms with Gasteiger partial charge in [-0.25, -0.2) is 4.79 Å². The van der Waals surface area contributed by atoms with Gasteiger partial charge in [-0.05, 0) is 35.1 Å². The fraction of sp³-hybridized carbons (Fsp3) is 0.364. The van der Waals surface area contributed by atoms with Crippen LogP contribution in [-0.4, -0.2) is 41.0 Å². The van der Waals surface area contributed by atoms with Gasteiger partial charge in [0, 0.05) is 5.92 Å². The van der Waals surface area contributed by atoms with E-state index in [0.29, 0.717) is 19.3 Å². The molecule has 0 spiro atoms. The van der Waals surface area contributed by atoms with Crippen molar-refractivity contribution in [1.29, 1.82) is 0 Å². The second-order valence-electron chi connectivity index (χ2n) is 7.44. The lowest BCUT2D eigenvalue weighted by molar-refractivity contribution is -0.148. The standard InChI is InChI=1S/C22H23NO5/c24-20-17(21(25)26)10-5-11-19(20)23-22(27)28-12-18-15-8-3-1-6-13(15)14-7-2-4-9-16(14)18/h1-4,6-9,17-20,24H,5,10-12H2,(H,23,27)(H,25,26)/t17-,19+,20-/m0/s1. The van der Waals surface area contributed by atoms with Gasteiger partial charge in [0.1, 0.15) is 6.61 Å². The van der Waals surface area contributed by atoms with E-state index in [-0.39, 0.29) is 12.5 Å². The maximum Gasteiger partial charge on any atom is 0.407 e. The van der Waals surface area contributed by atoms with Crippen LogP contribution in [0.15, 0.2) is 48.5 Å². The molecule has 0 heterocycles. The van der Waals surface area contributed by atoms with E-state index in [2.05, 4.69) is 17.4 Å². The highest BCUT2D eigenvalue weighted by Gasteiger charge is 2.37. The summed E-state index contributed by atoms with van der Waals surface area (Å²) in [6.07, 6.45) is -0.139. The zero-order valence-electron chi connectivity index (χ0n) is 15.4. The summed E-state index contributed by atoms with van der Waals surface area (Å²) in [6, 6.07) is 15.6. The summed E-state index contributed by atoms with van der Waals surface area (Å²) in [5.41, 5.74) is 4.55. The van der Waals surface area contributed by atoms with Gasteiger partial charge < -0.3 is 20.3 Å². The molecule has 3 atom stereocenters. The number of carboxylic acid groups (broad SMARTS) is 1. The average Bonchev–Trinajstić information content (AvgIpc) is 3.02. The molecule has 3 N–H and O–H groups in total. The second kappa shape index (κ2) is 7.64. The van der Waals surface area contributed by atoms with Crippen LogP contribution in [0.5, 0.6) is 0 Å². The third-order valence-corrected chi connectivity index (χ3v) is 5.82. The Bertz CT molecular complexity index is 851. The third kappa shape index (κ3) is 3.36. The predicted molar refractivity (Wildman–Crippen MR) is 103 cm³/mol. The maximum atomic E-state index is 12.3. The smallest absolute Gasteiger partial charge is 0.407 e. The molecule has 6 nitrogen and oxygen atoms in total. The van der Waals surface area contributed by atoms with Crippen molar-refractivity contribution in [3.8, 4) is 11.1 Å². The van der Waals surface area contributed by atoms with Gasteiger partial charge in [0.2, 0.25) is 0 Å². The van der Waals surface area contributed by atoms with Crippen molar-refractivity contribution in [3.05, 3.63) is 59.7 Å². The van der Waals surface area contributed by atoms with E-state index in [1.165, 1.54) is 0 Å². The van der Waals surface area contributed by atoms with Crippen LogP contribution in [0.3, 0.4) is 0 Å². The van der Waals surface area contributed by atoms with Crippen LogP contribution in [0.2, 0.25) is 0 Å². The van der Waals surface area contributed by atoms with Crippen molar-refractivity contribution in [2.24, 2.45) is 5.92 Å². The molecule has 0 radical (unpaired) electrons. The normalized spacial score (nSPS) is 23.5. The van der Waals surface area contributed by atoms with Crippen LogP contribution >= 0.6 is 0 Å². The van der Waals surface area contributed by atoms with Gasteiger partial charge >= 0.3 is 12.1 Å². The van der Waals surface area contributed by atoms with Gasteiger partial charge in [-0.2, -0.15) is 0 Å². The topological polar surface area (TPSA) is 95.9 Å². The van der Waals surface area contributed by atoms with Crippen LogP contribution in [0.25, 0.3) is 11.1 Å². The van der Waals surface area contributed by atoms with E-state index in [0.717, 1.165) is 22.3 Å². The molecule has 0 aliphatic heterocycles. The Morgan fingerprint density at radius 3 is 2.21 bits per heavy atom. The Hall–Kier alpha value is -2.86. The summed E-state index contributed by atoms with van der Waals surface area (Å²) in [5.74, 6) is -1.93. The zero-order valence-corrected chi connectivity index (χ0v) is 15.4. The van der Waals surface area contributed by atoms with Gasteiger partial charge in [-0.1, -0.05) is 55.0 Å². The first-order valence-electron chi connectivity index (χ1n) is 9.58. The molecule has 0 aromatic heterocycles. The Morgan fingerprint density at radius 1 is 1.00 bits per heavy atom. The van der Waals surface area contributed by atoms with Crippen LogP contribution < -0.4 is 5.32 Å². The van der Waals surface area contributed by atoms with Crippen molar-refractivity contribution in [1.82, 2.24) is 5.32 Å². The molecule has 0 saturated heterocycles. The molecule has 0 bridgehead atoms. The van der Waals surface area contributed by atoms with Gasteiger partial charge in [0.25, 0.3) is 0 Å². The fourth-order valence-electron chi connectivity index (χ4n) is 4.40. The van der Waals surface area contributed by atoms with Crippen LogP contribution in [0.1, 0.15) is 36.3 Å². The van der Waals surface area contributed by atoms with Crippen LogP contribution in [-0.2, 0) is 9.53 Å². The minimum Gasteiger partial charge on any atom is -0.481 e. The Balaban J connectivity index is 1.42. The highest BCUT2D eigenvalue weighted by Crippen LogP contribution is 2.44. The molecule has 2 aromatic carbocycles. The van der Waals surface area contributed by atoms with Crippen LogP contribution in [0, 0.1) is 5.92 Å². The number of amides is 1. The summed E-state index contributed by atoms with van der Waals surface area (Å²) in [5, 5.41) is 22.1. The number of nitrogens with one attached hydrogen (secondary N) is 1.